The lowest BCUT2D eigenvalue weighted by atomic mass is 10.4. The molecule has 84 valence electrons. The second-order valence-corrected chi connectivity index (χ2v) is 2.92. The summed E-state index contributed by atoms with van der Waals surface area (Å²) in [5, 5.41) is 5.41. The number of carbonyl (C=O) groups is 1. The molecule has 0 unspecified atom stereocenters. The Morgan fingerprint density at radius 1 is 1.53 bits per heavy atom. The molecule has 0 saturated heterocycles. The number of halogens is 3. The van der Waals surface area contributed by atoms with Gasteiger partial charge in [0.05, 0.1) is 11.4 Å². The summed E-state index contributed by atoms with van der Waals surface area (Å²) in [5.41, 5.74) is 5.81. The van der Waals surface area contributed by atoms with Crippen LogP contribution in [0.2, 0.25) is 0 Å². The van der Waals surface area contributed by atoms with E-state index in [9.17, 15) is 18.0 Å². The van der Waals surface area contributed by atoms with Crippen molar-refractivity contribution in [3.8, 4) is 0 Å². The minimum Gasteiger partial charge on any atom is -0.394 e. The molecule has 0 aromatic carbocycles. The average Bonchev–Trinajstić information content (AvgIpc) is 2.30. The van der Waals surface area contributed by atoms with Gasteiger partial charge in [0.15, 0.2) is 5.82 Å². The molecule has 0 aliphatic heterocycles. The number of carbonyl (C=O) groups excluding carboxylic acids is 1. The molecule has 15 heavy (non-hydrogen) atoms. The lowest BCUT2D eigenvalue weighted by molar-refractivity contribution is -0.167. The van der Waals surface area contributed by atoms with Crippen LogP contribution in [0, 0.1) is 6.92 Å². The topological polar surface area (TPSA) is 72.9 Å². The van der Waals surface area contributed by atoms with Gasteiger partial charge in [0.1, 0.15) is 0 Å². The van der Waals surface area contributed by atoms with Crippen LogP contribution in [-0.4, -0.2) is 21.9 Å². The van der Waals surface area contributed by atoms with Crippen LogP contribution in [0.1, 0.15) is 5.69 Å². The molecule has 0 fully saturated rings. The molecule has 5 nitrogen and oxygen atoms in total. The Bertz CT molecular complexity index is 396. The Hall–Kier alpha value is -1.73. The third-order valence-corrected chi connectivity index (χ3v) is 1.76. The van der Waals surface area contributed by atoms with E-state index in [0.29, 0.717) is 5.69 Å². The average molecular weight is 222 g/mol. The van der Waals surface area contributed by atoms with Gasteiger partial charge in [-0.15, -0.1) is 0 Å². The lowest BCUT2D eigenvalue weighted by Gasteiger charge is -2.08. The van der Waals surface area contributed by atoms with Crippen molar-refractivity contribution in [3.63, 3.8) is 0 Å². The fraction of sp³-hybridized carbons (Fsp3) is 0.429. The smallest absolute Gasteiger partial charge is 0.394 e. The van der Waals surface area contributed by atoms with Gasteiger partial charge in [-0.05, 0) is 6.92 Å². The number of aromatic nitrogens is 2. The Balaban J connectivity index is 2.95. The maximum absolute atomic E-state index is 11.9. The maximum atomic E-state index is 11.9. The van der Waals surface area contributed by atoms with E-state index in [4.69, 9.17) is 5.73 Å². The van der Waals surface area contributed by atoms with Gasteiger partial charge in [-0.3, -0.25) is 9.48 Å². The van der Waals surface area contributed by atoms with Crippen molar-refractivity contribution in [2.24, 2.45) is 7.05 Å². The van der Waals surface area contributed by atoms with Gasteiger partial charge in [-0.1, -0.05) is 0 Å². The fourth-order valence-corrected chi connectivity index (χ4v) is 1.00. The number of nitrogens with one attached hydrogen (secondary N) is 1. The number of anilines is 2. The quantitative estimate of drug-likeness (QED) is 0.738. The van der Waals surface area contributed by atoms with Crippen LogP contribution in [-0.2, 0) is 11.8 Å². The van der Waals surface area contributed by atoms with Crippen LogP contribution in [0.4, 0.5) is 24.7 Å². The molecule has 1 heterocycles. The van der Waals surface area contributed by atoms with Gasteiger partial charge in [-0.2, -0.15) is 18.3 Å². The van der Waals surface area contributed by atoms with E-state index in [-0.39, 0.29) is 11.5 Å². The van der Waals surface area contributed by atoms with Gasteiger partial charge in [0.25, 0.3) is 0 Å². The van der Waals surface area contributed by atoms with E-state index in [2.05, 4.69) is 5.10 Å². The lowest BCUT2D eigenvalue weighted by Crippen LogP contribution is -2.31. The monoisotopic (exact) mass is 222 g/mol. The SMILES string of the molecule is Cc1nn(C)c(NC(=O)C(F)(F)F)c1N. The molecule has 0 atom stereocenters. The first-order valence-electron chi connectivity index (χ1n) is 3.90. The first kappa shape index (κ1) is 11.3. The van der Waals surface area contributed by atoms with E-state index in [1.807, 2.05) is 0 Å². The molecular weight excluding hydrogens is 213 g/mol. The predicted molar refractivity (Wildman–Crippen MR) is 47.0 cm³/mol. The van der Waals surface area contributed by atoms with E-state index >= 15 is 0 Å². The van der Waals surface area contributed by atoms with Gasteiger partial charge < -0.3 is 11.1 Å². The van der Waals surface area contributed by atoms with Gasteiger partial charge in [-0.25, -0.2) is 0 Å². The summed E-state index contributed by atoms with van der Waals surface area (Å²) in [6, 6.07) is 0. The first-order valence-corrected chi connectivity index (χ1v) is 3.90. The van der Waals surface area contributed by atoms with Crippen LogP contribution in [0.25, 0.3) is 0 Å². The number of hydrogen-bond acceptors (Lipinski definition) is 3. The van der Waals surface area contributed by atoms with E-state index in [0.717, 1.165) is 4.68 Å². The van der Waals surface area contributed by atoms with Crippen molar-refractivity contribution in [1.82, 2.24) is 9.78 Å². The molecule has 1 rings (SSSR count). The second kappa shape index (κ2) is 3.44. The largest absolute Gasteiger partial charge is 0.471 e. The van der Waals surface area contributed by atoms with E-state index < -0.39 is 12.1 Å². The molecule has 8 heteroatoms. The molecule has 0 aliphatic rings. The summed E-state index contributed by atoms with van der Waals surface area (Å²) < 4.78 is 36.8. The van der Waals surface area contributed by atoms with Crippen molar-refractivity contribution in [1.29, 1.82) is 0 Å². The van der Waals surface area contributed by atoms with Crippen LogP contribution in [0.5, 0.6) is 0 Å². The standard InChI is InChI=1S/C7H9F3N4O/c1-3-4(11)5(14(2)13-3)12-6(15)7(8,9)10/h11H2,1-2H3,(H,12,15). The van der Waals surface area contributed by atoms with Crippen molar-refractivity contribution in [3.05, 3.63) is 5.69 Å². The van der Waals surface area contributed by atoms with E-state index in [1.165, 1.54) is 14.0 Å². The van der Waals surface area contributed by atoms with Crippen LogP contribution < -0.4 is 11.1 Å². The number of aryl methyl sites for hydroxylation is 2. The van der Waals surface area contributed by atoms with Crippen LogP contribution in [0.3, 0.4) is 0 Å². The highest BCUT2D eigenvalue weighted by Gasteiger charge is 2.39. The molecule has 0 bridgehead atoms. The molecule has 0 saturated carbocycles. The Morgan fingerprint density at radius 3 is 2.40 bits per heavy atom. The number of nitrogens with zero attached hydrogens (tertiary/aromatic N) is 2. The van der Waals surface area contributed by atoms with Crippen LogP contribution >= 0.6 is 0 Å². The molecule has 1 amide bonds. The van der Waals surface area contributed by atoms with Crippen LogP contribution in [0.15, 0.2) is 0 Å². The Morgan fingerprint density at radius 2 is 2.07 bits per heavy atom. The summed E-state index contributed by atoms with van der Waals surface area (Å²) in [7, 11) is 1.38. The highest BCUT2D eigenvalue weighted by atomic mass is 19.4. The number of nitrogen functional groups attached to an aromatic ring is 1. The summed E-state index contributed by atoms with van der Waals surface area (Å²) in [6.45, 7) is 1.53. The highest BCUT2D eigenvalue weighted by Crippen LogP contribution is 2.24. The first-order chi connectivity index (χ1) is 6.73. The number of hydrogen-bond donors (Lipinski definition) is 2. The summed E-state index contributed by atoms with van der Waals surface area (Å²) in [6.07, 6.45) is -4.94. The summed E-state index contributed by atoms with van der Waals surface area (Å²) in [5.74, 6) is -2.23. The van der Waals surface area contributed by atoms with Crippen molar-refractivity contribution in [2.45, 2.75) is 13.1 Å². The maximum Gasteiger partial charge on any atom is 0.471 e. The third-order valence-electron chi connectivity index (χ3n) is 1.76. The van der Waals surface area contributed by atoms with Crippen molar-refractivity contribution >= 4 is 17.4 Å². The second-order valence-electron chi connectivity index (χ2n) is 2.92. The van der Waals surface area contributed by atoms with Gasteiger partial charge in [0, 0.05) is 7.05 Å². The summed E-state index contributed by atoms with van der Waals surface area (Å²) in [4.78, 5) is 10.6. The molecule has 1 aromatic heterocycles. The number of amides is 1. The minimum absolute atomic E-state index is 0.0232. The van der Waals surface area contributed by atoms with Crippen molar-refractivity contribution in [2.75, 3.05) is 11.1 Å². The van der Waals surface area contributed by atoms with Gasteiger partial charge in [0.2, 0.25) is 0 Å². The zero-order chi connectivity index (χ0) is 11.8. The third kappa shape index (κ3) is 2.20. The number of nitrogens with two attached hydrogens (primary N) is 1. The highest BCUT2D eigenvalue weighted by molar-refractivity contribution is 5.96. The molecule has 1 aromatic rings. The minimum atomic E-state index is -4.94. The Kier molecular flexibility index (Phi) is 2.61. The fourth-order valence-electron chi connectivity index (χ4n) is 1.00. The number of alkyl halides is 3. The normalized spacial score (nSPS) is 11.5. The zero-order valence-corrected chi connectivity index (χ0v) is 8.01. The van der Waals surface area contributed by atoms with Gasteiger partial charge >= 0.3 is 12.1 Å². The molecule has 0 spiro atoms. The zero-order valence-electron chi connectivity index (χ0n) is 8.01. The molecule has 0 aliphatic carbocycles. The number of rotatable bonds is 1. The predicted octanol–water partition coefficient (Wildman–Crippen LogP) is 0.812. The Labute approximate surface area is 83.0 Å². The van der Waals surface area contributed by atoms with Crippen molar-refractivity contribution < 1.29 is 18.0 Å². The molecule has 0 radical (unpaired) electrons. The molecule has 3 N–H and O–H groups in total. The molecular formula is C7H9F3N4O. The van der Waals surface area contributed by atoms with E-state index in [1.54, 1.807) is 5.32 Å². The summed E-state index contributed by atoms with van der Waals surface area (Å²) >= 11 is 0.